The Morgan fingerprint density at radius 1 is 0.210 bits per heavy atom. The molecular weight excluding hydrogens is 749 g/mol. The average molecular weight is 789 g/mol. The quantitative estimate of drug-likeness (QED) is 0.395. The summed E-state index contributed by atoms with van der Waals surface area (Å²) < 4.78 is 0. The van der Waals surface area contributed by atoms with E-state index in [1.165, 1.54) is 130 Å². The molecule has 4 N–H and O–H groups in total. The molecule has 2 nitrogen and oxygen atoms in total. The normalized spacial score (nSPS) is 137. The van der Waals surface area contributed by atoms with E-state index in [-0.39, 0.29) is 0 Å². The molecule has 2 heteroatoms. The summed E-state index contributed by atoms with van der Waals surface area (Å²) in [6, 6.07) is 1.41. The maximum absolute atomic E-state index is 9.81. The second-order valence-corrected chi connectivity index (χ2v) is 39.0. The Morgan fingerprint density at radius 2 is 0.532 bits per heavy atom. The van der Waals surface area contributed by atoms with Crippen LogP contribution >= 0.6 is 0 Å². The highest BCUT2D eigenvalue weighted by molar-refractivity contribution is 6.11. The molecule has 42 aliphatic rings. The van der Waals surface area contributed by atoms with E-state index in [0.29, 0.717) is 27.7 Å². The van der Waals surface area contributed by atoms with Gasteiger partial charge in [-0.3, -0.25) is 0 Å². The minimum Gasteiger partial charge on any atom is -0.327 e. The van der Waals surface area contributed by atoms with Gasteiger partial charge in [0.2, 0.25) is 0 Å². The van der Waals surface area contributed by atoms with Crippen LogP contribution in [0.3, 0.4) is 0 Å². The number of nitrogens with two attached hydrogens (primary N) is 2. The molecule has 55 atom stereocenters. The first-order valence-corrected chi connectivity index (χ1v) is 30.2. The van der Waals surface area contributed by atoms with Crippen LogP contribution in [-0.4, -0.2) is 12.1 Å². The lowest BCUT2D eigenvalue weighted by Crippen LogP contribution is -3.63. The van der Waals surface area contributed by atoms with Crippen LogP contribution in [0.2, 0.25) is 0 Å². The van der Waals surface area contributed by atoms with E-state index in [0.717, 1.165) is 153 Å². The minimum atomic E-state index is 0.610. The van der Waals surface area contributed by atoms with Crippen LogP contribution in [0.4, 0.5) is 0 Å². The molecule has 62 heavy (non-hydrogen) atoms. The van der Waals surface area contributed by atoms with Crippen molar-refractivity contribution >= 4 is 0 Å². The van der Waals surface area contributed by atoms with Gasteiger partial charge in [0.05, 0.1) is 0 Å². The first-order valence-electron chi connectivity index (χ1n) is 30.2. The SMILES string of the molecule is NC1C23C4CC5C6C7C8CC9C%10C%11C%12CC%13C%14C%15C%16C%17C%18C%19C%20CC%21C%22C%23C%24CC%25C4C24C%25%24C%232C%22%23C%20%21C%19%20C%18%19C%17%18C%17C%19%21C3(C(N)C3%19C51C61C75C98C%106C%117C%12%13C%148C%159C%16%18C%173C93C78C65C1%193)C42C%20%23%21. The molecule has 42 fully saturated rings. The Bertz CT molecular complexity index is 4120. The van der Waals surface area contributed by atoms with E-state index in [2.05, 4.69) is 0 Å². The molecule has 0 saturated heterocycles. The van der Waals surface area contributed by atoms with E-state index in [4.69, 9.17) is 0 Å². The minimum absolute atomic E-state index is 0.610. The van der Waals surface area contributed by atoms with Crippen LogP contribution in [0.5, 0.6) is 0 Å². The Labute approximate surface area is 353 Å². The molecule has 42 aliphatic carbocycles. The number of rotatable bonds is 0. The molecule has 0 aromatic heterocycles. The molecule has 290 valence electrons. The zero-order valence-electron chi connectivity index (χ0n) is 34.2. The first-order chi connectivity index (χ1) is 30.6. The Balaban J connectivity index is 0.789. The van der Waals surface area contributed by atoms with Crippen molar-refractivity contribution in [2.75, 3.05) is 0 Å². The fraction of sp³-hybridized carbons (Fsp3) is 1.00. The predicted molar refractivity (Wildman–Crippen MR) is 193 cm³/mol. The number of hydrogen-bond donors (Lipinski definition) is 2. The fourth-order valence-corrected chi connectivity index (χ4v) is 66.0. The van der Waals surface area contributed by atoms with Gasteiger partial charge in [-0.05, 0) is 299 Å². The summed E-state index contributed by atoms with van der Waals surface area (Å²) in [5.74, 6) is 30.7. The molecule has 55 unspecified atom stereocenters. The van der Waals surface area contributed by atoms with Crippen molar-refractivity contribution in [1.82, 2.24) is 0 Å². The summed E-state index contributed by atoms with van der Waals surface area (Å²) in [4.78, 5) is 0. The Kier molecular flexibility index (Phi) is 1.16. The largest absolute Gasteiger partial charge is 0.327 e. The summed E-state index contributed by atoms with van der Waals surface area (Å²) in [5, 5.41) is 0. The van der Waals surface area contributed by atoms with Crippen LogP contribution in [0.1, 0.15) is 32.1 Å². The highest BCUT2D eigenvalue weighted by Crippen LogP contribution is 3.67. The van der Waals surface area contributed by atoms with Crippen LogP contribution in [0.15, 0.2) is 0 Å². The fourth-order valence-electron chi connectivity index (χ4n) is 66.0. The van der Waals surface area contributed by atoms with Gasteiger partial charge in [0, 0.05) is 44.6 Å². The van der Waals surface area contributed by atoms with Gasteiger partial charge in [0.25, 0.3) is 0 Å². The Hall–Kier alpha value is -0.0800. The lowest BCUT2D eigenvalue weighted by atomic mass is 8.39. The molecule has 29 spiro atoms. The van der Waals surface area contributed by atoms with Gasteiger partial charge in [-0.15, -0.1) is 0 Å². The van der Waals surface area contributed by atoms with Gasteiger partial charge in [-0.25, -0.2) is 0 Å². The molecule has 42 saturated carbocycles. The zero-order valence-corrected chi connectivity index (χ0v) is 34.2. The predicted octanol–water partition coefficient (Wildman–Crippen LogP) is 3.56. The van der Waals surface area contributed by atoms with Crippen molar-refractivity contribution in [1.29, 1.82) is 0 Å². The smallest absolute Gasteiger partial charge is 0.0189 e. The molecule has 0 amide bonds. The number of hydrogen-bond acceptors (Lipinski definition) is 2. The van der Waals surface area contributed by atoms with Crippen LogP contribution in [0, 0.1) is 299 Å². The second-order valence-electron chi connectivity index (χ2n) is 39.0. The van der Waals surface area contributed by atoms with E-state index in [1.54, 1.807) is 12.8 Å². The first kappa shape index (κ1) is 21.7. The molecule has 42 rings (SSSR count). The van der Waals surface area contributed by atoms with Crippen molar-refractivity contribution in [3.63, 3.8) is 0 Å². The topological polar surface area (TPSA) is 52.0 Å². The zero-order chi connectivity index (χ0) is 35.0. The van der Waals surface area contributed by atoms with Gasteiger partial charge >= 0.3 is 0 Å². The summed E-state index contributed by atoms with van der Waals surface area (Å²) in [6.45, 7) is 0. The molecular formula is C60H40N2. The summed E-state index contributed by atoms with van der Waals surface area (Å²) >= 11 is 0. The van der Waals surface area contributed by atoms with E-state index in [1.807, 2.05) is 19.3 Å². The second kappa shape index (κ2) is 3.31. The van der Waals surface area contributed by atoms with Gasteiger partial charge in [0.15, 0.2) is 0 Å². The Morgan fingerprint density at radius 3 is 1.15 bits per heavy atom. The highest BCUT2D eigenvalue weighted by Gasteiger charge is 3.66. The van der Waals surface area contributed by atoms with Crippen LogP contribution < -0.4 is 11.5 Å². The molecule has 0 heterocycles. The van der Waals surface area contributed by atoms with Crippen LogP contribution in [0.25, 0.3) is 0 Å². The monoisotopic (exact) mass is 788 g/mol. The van der Waals surface area contributed by atoms with Crippen LogP contribution in [-0.2, 0) is 0 Å². The van der Waals surface area contributed by atoms with Gasteiger partial charge in [-0.1, -0.05) is 0 Å². The van der Waals surface area contributed by atoms with Gasteiger partial charge in [-0.2, -0.15) is 0 Å². The van der Waals surface area contributed by atoms with Crippen molar-refractivity contribution in [2.24, 2.45) is 311 Å². The molecule has 0 radical (unpaired) electrons. The highest BCUT2D eigenvalue weighted by atomic mass is 15.7. The third-order valence-corrected chi connectivity index (χ3v) is 52.0. The van der Waals surface area contributed by atoms with E-state index in [9.17, 15) is 11.5 Å². The average Bonchev–Trinajstić information content (AvgIpc) is 3.13. The molecule has 0 aromatic carbocycles. The summed E-state index contributed by atoms with van der Waals surface area (Å²) in [5.41, 5.74) is 45.3. The summed E-state index contributed by atoms with van der Waals surface area (Å²) in [6.07, 6.45) is 9.01. The van der Waals surface area contributed by atoms with E-state index < -0.39 is 0 Å². The molecule has 4 bridgehead atoms. The lowest BCUT2D eigenvalue weighted by Gasteiger charge is -3.63. The van der Waals surface area contributed by atoms with Gasteiger partial charge < -0.3 is 11.5 Å². The van der Waals surface area contributed by atoms with E-state index >= 15 is 0 Å². The maximum Gasteiger partial charge on any atom is 0.0189 e. The van der Waals surface area contributed by atoms with Crippen molar-refractivity contribution in [3.8, 4) is 0 Å². The maximum atomic E-state index is 9.81. The molecule has 0 aliphatic heterocycles. The third kappa shape index (κ3) is 0.479. The summed E-state index contributed by atoms with van der Waals surface area (Å²) in [7, 11) is 0. The van der Waals surface area contributed by atoms with Gasteiger partial charge in [0.1, 0.15) is 0 Å². The standard InChI is InChI=1S/C60H40N2/c61-30-36-7-2-15-22-21-11-3-10-19-20-12-5-14-24-27-28-25-26-23-13-4-9-18-17-8-1-6-16(7)39(36)32(6,8)43(17)44(18)33(9,13)42(23)40(26)38(25)29-51(40)53(36,55(39,43)56(42,44)51)31(62)54-37(15,30)49(22)47(21)34(10,11)45(19)46(20)35(12,14)48(24)50(27)41(28,38)52(29,54)60(50)58(46,48)57(45,47)59(49,54)60/h6-31H,1-5,61-62H2. The van der Waals surface area contributed by atoms with Crippen molar-refractivity contribution in [2.45, 2.75) is 44.2 Å². The lowest BCUT2D eigenvalue weighted by molar-refractivity contribution is -1.19. The van der Waals surface area contributed by atoms with Crippen molar-refractivity contribution < 1.29 is 0 Å². The third-order valence-electron chi connectivity index (χ3n) is 52.0. The number of fused-ring (bicyclic) bond motifs is 18. The molecule has 0 aromatic rings. The van der Waals surface area contributed by atoms with Crippen molar-refractivity contribution in [3.05, 3.63) is 0 Å².